The van der Waals surface area contributed by atoms with E-state index in [1.165, 1.54) is 23.9 Å². The second-order valence-electron chi connectivity index (χ2n) is 5.67. The maximum absolute atomic E-state index is 14.4. The Kier molecular flexibility index (Phi) is 7.88. The molecule has 0 saturated carbocycles. The van der Waals surface area contributed by atoms with E-state index in [0.717, 1.165) is 12.1 Å². The summed E-state index contributed by atoms with van der Waals surface area (Å²) in [7, 11) is 0. The van der Waals surface area contributed by atoms with Crippen molar-refractivity contribution in [2.24, 2.45) is 10.7 Å². The number of ether oxygens (including phenoxy) is 1. The summed E-state index contributed by atoms with van der Waals surface area (Å²) in [4.78, 5) is 4.28. The zero-order valence-electron chi connectivity index (χ0n) is 15.2. The summed E-state index contributed by atoms with van der Waals surface area (Å²) in [6.07, 6.45) is 1.76. The number of benzene rings is 2. The summed E-state index contributed by atoms with van der Waals surface area (Å²) >= 11 is 1.31. The lowest BCUT2D eigenvalue weighted by Gasteiger charge is -2.15. The van der Waals surface area contributed by atoms with Crippen molar-refractivity contribution in [3.8, 4) is 0 Å². The van der Waals surface area contributed by atoms with Gasteiger partial charge in [-0.15, -0.1) is 11.8 Å². The molecule has 156 valence electrons. The van der Waals surface area contributed by atoms with E-state index < -0.39 is 54.3 Å². The van der Waals surface area contributed by atoms with Crippen molar-refractivity contribution in [3.05, 3.63) is 53.3 Å². The molecule has 0 bridgehead atoms. The van der Waals surface area contributed by atoms with Crippen LogP contribution in [0.15, 0.2) is 40.2 Å². The van der Waals surface area contributed by atoms with E-state index in [-0.39, 0.29) is 11.3 Å². The number of anilines is 2. The summed E-state index contributed by atoms with van der Waals surface area (Å²) in [5, 5.41) is 28.4. The van der Waals surface area contributed by atoms with E-state index in [0.29, 0.717) is 4.90 Å². The van der Waals surface area contributed by atoms with E-state index >= 15 is 0 Å². The van der Waals surface area contributed by atoms with Gasteiger partial charge in [0.1, 0.15) is 11.9 Å². The van der Waals surface area contributed by atoms with Gasteiger partial charge < -0.3 is 26.0 Å². The van der Waals surface area contributed by atoms with Gasteiger partial charge in [-0.1, -0.05) is 0 Å². The van der Waals surface area contributed by atoms with Crippen molar-refractivity contribution in [2.45, 2.75) is 10.9 Å². The SMILES string of the molecule is CSc1ccc(Nc2c(C(=N)OC(N)=NC(CO)CO)ccc(F)c2F)c(F)c1. The van der Waals surface area contributed by atoms with E-state index in [2.05, 4.69) is 10.3 Å². The number of hydrogen-bond donors (Lipinski definition) is 5. The monoisotopic (exact) mass is 428 g/mol. The molecule has 0 fully saturated rings. The van der Waals surface area contributed by atoms with Crippen molar-refractivity contribution >= 4 is 35.1 Å². The largest absolute Gasteiger partial charge is 0.407 e. The first-order valence-electron chi connectivity index (χ1n) is 8.21. The molecule has 7 nitrogen and oxygen atoms in total. The maximum Gasteiger partial charge on any atom is 0.289 e. The Hall–Kier alpha value is -2.76. The number of nitrogens with one attached hydrogen (secondary N) is 2. The summed E-state index contributed by atoms with van der Waals surface area (Å²) in [5.74, 6) is -3.96. The summed E-state index contributed by atoms with van der Waals surface area (Å²) in [6.45, 7) is -1.03. The fraction of sp³-hybridized carbons (Fsp3) is 0.222. The highest BCUT2D eigenvalue weighted by Crippen LogP contribution is 2.30. The van der Waals surface area contributed by atoms with Crippen LogP contribution in [0.25, 0.3) is 0 Å². The van der Waals surface area contributed by atoms with E-state index in [1.54, 1.807) is 12.3 Å². The smallest absolute Gasteiger partial charge is 0.289 e. The average molecular weight is 428 g/mol. The molecule has 0 aliphatic heterocycles. The minimum atomic E-state index is -1.34. The standard InChI is InChI=1S/C18H19F3N4O3S/c1-29-10-2-5-14(13(20)6-10)25-16-11(3-4-12(19)15(16)21)17(22)28-18(23)24-9(7-26)8-27/h2-6,9,22,25-27H,7-8H2,1H3,(H2,23,24). The van der Waals surface area contributed by atoms with Crippen LogP contribution in [0.2, 0.25) is 0 Å². The topological polar surface area (TPSA) is 124 Å². The highest BCUT2D eigenvalue weighted by atomic mass is 32.2. The van der Waals surface area contributed by atoms with Crippen LogP contribution in [0.5, 0.6) is 0 Å². The zero-order chi connectivity index (χ0) is 21.6. The maximum atomic E-state index is 14.4. The lowest BCUT2D eigenvalue weighted by Crippen LogP contribution is -2.26. The molecule has 0 aliphatic rings. The molecule has 0 spiro atoms. The summed E-state index contributed by atoms with van der Waals surface area (Å²) in [5.41, 5.74) is 4.59. The van der Waals surface area contributed by atoms with Crippen LogP contribution in [-0.2, 0) is 4.74 Å². The predicted molar refractivity (Wildman–Crippen MR) is 105 cm³/mol. The zero-order valence-corrected chi connectivity index (χ0v) is 16.1. The molecule has 2 aromatic rings. The Morgan fingerprint density at radius 2 is 1.90 bits per heavy atom. The Balaban J connectivity index is 2.37. The molecule has 0 atom stereocenters. The van der Waals surface area contributed by atoms with E-state index in [9.17, 15) is 13.2 Å². The van der Waals surface area contributed by atoms with E-state index in [1.807, 2.05) is 0 Å². The number of hydrogen-bond acceptors (Lipinski definition) is 7. The number of rotatable bonds is 7. The van der Waals surface area contributed by atoms with Gasteiger partial charge in [0, 0.05) is 4.90 Å². The first-order valence-corrected chi connectivity index (χ1v) is 9.43. The molecule has 6 N–H and O–H groups in total. The quantitative estimate of drug-likeness (QED) is 0.262. The van der Waals surface area contributed by atoms with Crippen molar-refractivity contribution in [1.82, 2.24) is 0 Å². The van der Waals surface area contributed by atoms with Crippen LogP contribution >= 0.6 is 11.8 Å². The molecule has 0 heterocycles. The number of nitrogens with zero attached hydrogens (tertiary/aromatic N) is 1. The summed E-state index contributed by atoms with van der Waals surface area (Å²) < 4.78 is 47.4. The Morgan fingerprint density at radius 1 is 1.21 bits per heavy atom. The molecule has 0 aromatic heterocycles. The van der Waals surface area contributed by atoms with Crippen LogP contribution < -0.4 is 11.1 Å². The molecule has 29 heavy (non-hydrogen) atoms. The predicted octanol–water partition coefficient (Wildman–Crippen LogP) is 2.58. The molecule has 2 rings (SSSR count). The van der Waals surface area contributed by atoms with Gasteiger partial charge in [0.05, 0.1) is 30.2 Å². The molecule has 0 radical (unpaired) electrons. The van der Waals surface area contributed by atoms with Crippen molar-refractivity contribution < 1.29 is 28.1 Å². The first-order chi connectivity index (χ1) is 13.8. The van der Waals surface area contributed by atoms with Crippen molar-refractivity contribution in [2.75, 3.05) is 24.8 Å². The van der Waals surface area contributed by atoms with Gasteiger partial charge in [-0.25, -0.2) is 18.2 Å². The number of aliphatic imine (C=N–C) groups is 1. The molecule has 0 aliphatic carbocycles. The lowest BCUT2D eigenvalue weighted by molar-refractivity contribution is 0.194. The second-order valence-corrected chi connectivity index (χ2v) is 6.55. The Bertz CT molecular complexity index is 923. The number of thioether (sulfide) groups is 1. The molecule has 0 saturated heterocycles. The van der Waals surface area contributed by atoms with Gasteiger partial charge in [0.25, 0.3) is 6.02 Å². The normalized spacial score (nSPS) is 11.6. The number of amidine groups is 1. The van der Waals surface area contributed by atoms with Crippen molar-refractivity contribution in [3.63, 3.8) is 0 Å². The number of aliphatic hydroxyl groups is 2. The van der Waals surface area contributed by atoms with Gasteiger partial charge in [-0.2, -0.15) is 0 Å². The number of nitrogens with two attached hydrogens (primary N) is 1. The van der Waals surface area contributed by atoms with Crippen LogP contribution in [0.3, 0.4) is 0 Å². The highest BCUT2D eigenvalue weighted by Gasteiger charge is 2.20. The number of aliphatic hydroxyl groups excluding tert-OH is 2. The minimum absolute atomic E-state index is 0.136. The summed E-state index contributed by atoms with van der Waals surface area (Å²) in [6, 6.07) is 4.45. The van der Waals surface area contributed by atoms with Crippen LogP contribution in [-0.4, -0.2) is 47.6 Å². The first kappa shape index (κ1) is 22.5. The Morgan fingerprint density at radius 3 is 2.48 bits per heavy atom. The molecule has 11 heteroatoms. The third kappa shape index (κ3) is 5.62. The van der Waals surface area contributed by atoms with Crippen molar-refractivity contribution in [1.29, 1.82) is 5.41 Å². The van der Waals surface area contributed by atoms with Gasteiger partial charge in [-0.3, -0.25) is 5.41 Å². The second kappa shape index (κ2) is 10.1. The van der Waals surface area contributed by atoms with Gasteiger partial charge in [0.15, 0.2) is 11.6 Å². The third-order valence-electron chi connectivity index (χ3n) is 3.71. The highest BCUT2D eigenvalue weighted by molar-refractivity contribution is 7.98. The van der Waals surface area contributed by atoms with Gasteiger partial charge in [-0.05, 0) is 36.6 Å². The number of halogens is 3. The van der Waals surface area contributed by atoms with Crippen LogP contribution in [0.1, 0.15) is 5.56 Å². The van der Waals surface area contributed by atoms with E-state index in [4.69, 9.17) is 26.1 Å². The third-order valence-corrected chi connectivity index (χ3v) is 4.44. The molecular weight excluding hydrogens is 409 g/mol. The molecule has 2 aromatic carbocycles. The van der Waals surface area contributed by atoms with Crippen LogP contribution in [0, 0.1) is 22.9 Å². The van der Waals surface area contributed by atoms with Gasteiger partial charge >= 0.3 is 0 Å². The minimum Gasteiger partial charge on any atom is -0.407 e. The van der Waals surface area contributed by atoms with Crippen LogP contribution in [0.4, 0.5) is 24.5 Å². The van der Waals surface area contributed by atoms with Gasteiger partial charge in [0.2, 0.25) is 5.90 Å². The molecular formula is C18H19F3N4O3S. The fourth-order valence-corrected chi connectivity index (χ4v) is 2.65. The average Bonchev–Trinajstić information content (AvgIpc) is 2.70. The Labute approximate surface area is 168 Å². The fourth-order valence-electron chi connectivity index (χ4n) is 2.23. The molecule has 0 amide bonds. The molecule has 0 unspecified atom stereocenters. The lowest BCUT2D eigenvalue weighted by atomic mass is 10.1.